The van der Waals surface area contributed by atoms with Crippen LogP contribution in [-0.2, 0) is 0 Å². The summed E-state index contributed by atoms with van der Waals surface area (Å²) in [6.07, 6.45) is -0.961. The van der Waals surface area contributed by atoms with Gasteiger partial charge in [0.2, 0.25) is 0 Å². The third kappa shape index (κ3) is 4.74. The summed E-state index contributed by atoms with van der Waals surface area (Å²) in [7, 11) is 0. The van der Waals surface area contributed by atoms with E-state index in [0.29, 0.717) is 0 Å². The molecular formula is C15H10BrF3O. The fourth-order valence-corrected chi connectivity index (χ4v) is 2.00. The lowest BCUT2D eigenvalue weighted by molar-refractivity contribution is -0.274. The molecule has 0 spiro atoms. The standard InChI is InChI=1S/C15H10BrF3O/c16-13-3-1-2-12(10-13)5-4-11-6-8-14(9-7-11)20-15(17,18)19/h1-10H. The number of ether oxygens (including phenoxy) is 1. The second kappa shape index (κ2) is 6.13. The molecule has 0 bridgehead atoms. The summed E-state index contributed by atoms with van der Waals surface area (Å²) in [5.74, 6) is -0.225. The van der Waals surface area contributed by atoms with Crippen LogP contribution in [0.2, 0.25) is 0 Å². The van der Waals surface area contributed by atoms with E-state index in [1.165, 1.54) is 12.1 Å². The van der Waals surface area contributed by atoms with Crippen molar-refractivity contribution in [1.29, 1.82) is 0 Å². The monoisotopic (exact) mass is 342 g/mol. The van der Waals surface area contributed by atoms with Gasteiger partial charge in [0, 0.05) is 4.47 Å². The Balaban J connectivity index is 2.07. The molecule has 0 N–H and O–H groups in total. The predicted molar refractivity (Wildman–Crippen MR) is 76.2 cm³/mol. The molecule has 0 saturated heterocycles. The first-order valence-electron chi connectivity index (χ1n) is 5.72. The molecule has 0 atom stereocenters. The van der Waals surface area contributed by atoms with Crippen molar-refractivity contribution in [3.05, 3.63) is 64.1 Å². The Morgan fingerprint density at radius 1 is 0.900 bits per heavy atom. The van der Waals surface area contributed by atoms with Gasteiger partial charge in [-0.05, 0) is 35.4 Å². The van der Waals surface area contributed by atoms with E-state index in [9.17, 15) is 13.2 Å². The molecule has 2 aromatic rings. The zero-order valence-corrected chi connectivity index (χ0v) is 11.8. The third-order valence-electron chi connectivity index (χ3n) is 2.43. The summed E-state index contributed by atoms with van der Waals surface area (Å²) in [5.41, 5.74) is 1.79. The summed E-state index contributed by atoms with van der Waals surface area (Å²) < 4.78 is 40.8. The Bertz CT molecular complexity index is 603. The molecule has 0 heterocycles. The van der Waals surface area contributed by atoms with Gasteiger partial charge in [0.1, 0.15) is 5.75 Å². The minimum Gasteiger partial charge on any atom is -0.406 e. The largest absolute Gasteiger partial charge is 0.573 e. The molecule has 0 amide bonds. The molecule has 0 radical (unpaired) electrons. The van der Waals surface area contributed by atoms with Crippen molar-refractivity contribution in [3.63, 3.8) is 0 Å². The van der Waals surface area contributed by atoms with Crippen LogP contribution in [0.5, 0.6) is 5.75 Å². The molecular weight excluding hydrogens is 333 g/mol. The molecule has 0 aromatic heterocycles. The maximum atomic E-state index is 12.0. The Labute approximate surface area is 122 Å². The number of halogens is 4. The van der Waals surface area contributed by atoms with Gasteiger partial charge in [-0.3, -0.25) is 0 Å². The van der Waals surface area contributed by atoms with Crippen LogP contribution in [0.25, 0.3) is 12.2 Å². The van der Waals surface area contributed by atoms with Crippen LogP contribution in [-0.4, -0.2) is 6.36 Å². The van der Waals surface area contributed by atoms with Gasteiger partial charge in [-0.1, -0.05) is 52.3 Å². The summed E-state index contributed by atoms with van der Waals surface area (Å²) in [4.78, 5) is 0. The number of benzene rings is 2. The van der Waals surface area contributed by atoms with Gasteiger partial charge in [-0.15, -0.1) is 13.2 Å². The van der Waals surface area contributed by atoms with E-state index in [2.05, 4.69) is 20.7 Å². The molecule has 0 unspecified atom stereocenters. The smallest absolute Gasteiger partial charge is 0.406 e. The molecule has 1 nitrogen and oxygen atoms in total. The summed E-state index contributed by atoms with van der Waals surface area (Å²) >= 11 is 3.37. The van der Waals surface area contributed by atoms with E-state index in [0.717, 1.165) is 15.6 Å². The fourth-order valence-electron chi connectivity index (χ4n) is 1.58. The molecule has 0 aliphatic heterocycles. The molecule has 2 aromatic carbocycles. The highest BCUT2D eigenvalue weighted by Gasteiger charge is 2.30. The van der Waals surface area contributed by atoms with E-state index < -0.39 is 6.36 Å². The molecule has 0 aliphatic carbocycles. The van der Waals surface area contributed by atoms with E-state index in [1.807, 2.05) is 36.4 Å². The highest BCUT2D eigenvalue weighted by molar-refractivity contribution is 9.10. The van der Waals surface area contributed by atoms with E-state index >= 15 is 0 Å². The van der Waals surface area contributed by atoms with E-state index in [4.69, 9.17) is 0 Å². The Morgan fingerprint density at radius 3 is 2.15 bits per heavy atom. The van der Waals surface area contributed by atoms with E-state index in [1.54, 1.807) is 12.1 Å². The van der Waals surface area contributed by atoms with E-state index in [-0.39, 0.29) is 5.75 Å². The van der Waals surface area contributed by atoms with Crippen LogP contribution in [0.3, 0.4) is 0 Å². The van der Waals surface area contributed by atoms with Gasteiger partial charge in [0.15, 0.2) is 0 Å². The van der Waals surface area contributed by atoms with Crippen molar-refractivity contribution in [2.24, 2.45) is 0 Å². The molecule has 104 valence electrons. The van der Waals surface area contributed by atoms with Gasteiger partial charge in [-0.2, -0.15) is 0 Å². The lowest BCUT2D eigenvalue weighted by Gasteiger charge is -2.08. The second-order valence-corrected chi connectivity index (χ2v) is 4.92. The zero-order valence-electron chi connectivity index (χ0n) is 10.2. The third-order valence-corrected chi connectivity index (χ3v) is 2.92. The van der Waals surface area contributed by atoms with Crippen LogP contribution in [0.15, 0.2) is 53.0 Å². The predicted octanol–water partition coefficient (Wildman–Crippen LogP) is 5.52. The zero-order chi connectivity index (χ0) is 14.6. The van der Waals surface area contributed by atoms with Crippen LogP contribution < -0.4 is 4.74 Å². The Kier molecular flexibility index (Phi) is 4.49. The summed E-state index contributed by atoms with van der Waals surface area (Å²) in [6, 6.07) is 13.4. The SMILES string of the molecule is FC(F)(F)Oc1ccc(C=Cc2cccc(Br)c2)cc1. The van der Waals surface area contributed by atoms with Crippen molar-refractivity contribution in [2.45, 2.75) is 6.36 Å². The Morgan fingerprint density at radius 2 is 1.55 bits per heavy atom. The average Bonchev–Trinajstić information content (AvgIpc) is 2.36. The lowest BCUT2D eigenvalue weighted by Crippen LogP contribution is -2.16. The highest BCUT2D eigenvalue weighted by atomic mass is 79.9. The lowest BCUT2D eigenvalue weighted by atomic mass is 10.1. The molecule has 0 aliphatic rings. The van der Waals surface area contributed by atoms with Gasteiger partial charge >= 0.3 is 6.36 Å². The van der Waals surface area contributed by atoms with Crippen molar-refractivity contribution < 1.29 is 17.9 Å². The van der Waals surface area contributed by atoms with Crippen molar-refractivity contribution in [2.75, 3.05) is 0 Å². The van der Waals surface area contributed by atoms with Gasteiger partial charge < -0.3 is 4.74 Å². The minimum absolute atomic E-state index is 0.225. The molecule has 0 fully saturated rings. The van der Waals surface area contributed by atoms with Crippen LogP contribution >= 0.6 is 15.9 Å². The topological polar surface area (TPSA) is 9.23 Å². The molecule has 5 heteroatoms. The quantitative estimate of drug-likeness (QED) is 0.667. The number of hydrogen-bond donors (Lipinski definition) is 0. The first-order valence-corrected chi connectivity index (χ1v) is 6.51. The normalized spacial score (nSPS) is 11.8. The second-order valence-electron chi connectivity index (χ2n) is 4.01. The first kappa shape index (κ1) is 14.7. The van der Waals surface area contributed by atoms with Crippen LogP contribution in [0.4, 0.5) is 13.2 Å². The summed E-state index contributed by atoms with van der Waals surface area (Å²) in [5, 5.41) is 0. The molecule has 2 rings (SSSR count). The minimum atomic E-state index is -4.66. The van der Waals surface area contributed by atoms with Crippen molar-refractivity contribution in [1.82, 2.24) is 0 Å². The number of rotatable bonds is 3. The van der Waals surface area contributed by atoms with Crippen molar-refractivity contribution >= 4 is 28.1 Å². The van der Waals surface area contributed by atoms with Gasteiger partial charge in [0.25, 0.3) is 0 Å². The Hall–Kier alpha value is -1.75. The average molecular weight is 343 g/mol. The first-order chi connectivity index (χ1) is 9.42. The fraction of sp³-hybridized carbons (Fsp3) is 0.0667. The van der Waals surface area contributed by atoms with Gasteiger partial charge in [0.05, 0.1) is 0 Å². The maximum Gasteiger partial charge on any atom is 0.573 e. The number of alkyl halides is 3. The highest BCUT2D eigenvalue weighted by Crippen LogP contribution is 2.23. The molecule has 20 heavy (non-hydrogen) atoms. The van der Waals surface area contributed by atoms with Crippen LogP contribution in [0, 0.1) is 0 Å². The number of hydrogen-bond acceptors (Lipinski definition) is 1. The molecule has 0 saturated carbocycles. The van der Waals surface area contributed by atoms with Gasteiger partial charge in [-0.25, -0.2) is 0 Å². The summed E-state index contributed by atoms with van der Waals surface area (Å²) in [6.45, 7) is 0. The van der Waals surface area contributed by atoms with Crippen molar-refractivity contribution in [3.8, 4) is 5.75 Å². The van der Waals surface area contributed by atoms with Crippen LogP contribution in [0.1, 0.15) is 11.1 Å². The maximum absolute atomic E-state index is 12.0.